The van der Waals surface area contributed by atoms with E-state index in [1.165, 1.54) is 25.6 Å². The maximum Gasteiger partial charge on any atom is 0.196 e. The van der Waals surface area contributed by atoms with Gasteiger partial charge in [-0.1, -0.05) is 11.6 Å². The van der Waals surface area contributed by atoms with Crippen LogP contribution in [0.25, 0.3) is 0 Å². The number of methoxy groups -OCH3 is 2. The smallest absolute Gasteiger partial charge is 0.196 e. The summed E-state index contributed by atoms with van der Waals surface area (Å²) < 4.78 is 12.0. The molecule has 3 nitrogen and oxygen atoms in total. The van der Waals surface area contributed by atoms with Crippen molar-refractivity contribution in [2.45, 2.75) is 0 Å². The molecule has 0 saturated carbocycles. The minimum Gasteiger partial charge on any atom is -0.493 e. The van der Waals surface area contributed by atoms with Gasteiger partial charge >= 0.3 is 0 Å². The van der Waals surface area contributed by atoms with Crippen LogP contribution in [-0.2, 0) is 0 Å². The van der Waals surface area contributed by atoms with Crippen LogP contribution in [-0.4, -0.2) is 20.0 Å². The number of hydrogen-bond acceptors (Lipinski definition) is 4. The van der Waals surface area contributed by atoms with Crippen molar-refractivity contribution in [3.8, 4) is 11.5 Å². The van der Waals surface area contributed by atoms with Crippen molar-refractivity contribution in [3.63, 3.8) is 0 Å². The van der Waals surface area contributed by atoms with E-state index in [1.807, 2.05) is 0 Å². The normalized spacial score (nSPS) is 10.4. The van der Waals surface area contributed by atoms with Gasteiger partial charge in [-0.3, -0.25) is 4.79 Å². The van der Waals surface area contributed by atoms with E-state index in [0.717, 1.165) is 7.57 Å². The average Bonchev–Trinajstić information content (AvgIpc) is 2.76. The third-order valence-corrected chi connectivity index (χ3v) is 5.27. The second-order valence-electron chi connectivity index (χ2n) is 3.75. The Morgan fingerprint density at radius 3 is 2.20 bits per heavy atom. The van der Waals surface area contributed by atoms with E-state index >= 15 is 0 Å². The monoisotopic (exact) mass is 438 g/mol. The fraction of sp³-hybridized carbons (Fsp3) is 0.154. The highest BCUT2D eigenvalue weighted by Crippen LogP contribution is 2.37. The number of halogens is 3. The Labute approximate surface area is 142 Å². The molecule has 0 aliphatic heterocycles. The number of hydrogen-bond donors (Lipinski definition) is 0. The molecule has 0 unspecified atom stereocenters. The third-order valence-electron chi connectivity index (χ3n) is 2.62. The molecule has 2 rings (SSSR count). The van der Waals surface area contributed by atoms with Crippen LogP contribution < -0.4 is 9.47 Å². The maximum absolute atomic E-state index is 12.5. The van der Waals surface area contributed by atoms with Gasteiger partial charge in [-0.25, -0.2) is 0 Å². The van der Waals surface area contributed by atoms with Crippen LogP contribution in [0.15, 0.2) is 25.8 Å². The summed E-state index contributed by atoms with van der Waals surface area (Å²) in [7, 11) is 3.03. The van der Waals surface area contributed by atoms with Crippen LogP contribution in [0.3, 0.4) is 0 Å². The van der Waals surface area contributed by atoms with Gasteiger partial charge in [0.1, 0.15) is 0 Å². The van der Waals surface area contributed by atoms with Crippen molar-refractivity contribution < 1.29 is 14.3 Å². The zero-order chi connectivity index (χ0) is 14.9. The Balaban J connectivity index is 2.52. The maximum atomic E-state index is 12.5. The molecule has 0 saturated heterocycles. The van der Waals surface area contributed by atoms with Crippen LogP contribution in [0.5, 0.6) is 11.5 Å². The molecule has 0 aliphatic carbocycles. The molecule has 0 bridgehead atoms. The highest BCUT2D eigenvalue weighted by molar-refractivity contribution is 9.12. The quantitative estimate of drug-likeness (QED) is 0.615. The van der Waals surface area contributed by atoms with E-state index in [4.69, 9.17) is 21.1 Å². The van der Waals surface area contributed by atoms with E-state index in [2.05, 4.69) is 31.9 Å². The van der Waals surface area contributed by atoms with Crippen LogP contribution in [0.1, 0.15) is 15.9 Å². The van der Waals surface area contributed by atoms with E-state index < -0.39 is 0 Å². The minimum atomic E-state index is -0.176. The van der Waals surface area contributed by atoms with Gasteiger partial charge in [0.25, 0.3) is 0 Å². The molecular formula is C13H9Br2ClO3S. The highest BCUT2D eigenvalue weighted by atomic mass is 79.9. The molecule has 1 aromatic heterocycles. The van der Waals surface area contributed by atoms with Gasteiger partial charge in [0.2, 0.25) is 0 Å². The Hall–Kier alpha value is -0.560. The van der Waals surface area contributed by atoms with Crippen molar-refractivity contribution in [1.82, 2.24) is 0 Å². The van der Waals surface area contributed by atoms with E-state index in [-0.39, 0.29) is 5.78 Å². The fourth-order valence-corrected chi connectivity index (χ4v) is 4.70. The number of carbonyl (C=O) groups excluding carboxylic acids is 1. The lowest BCUT2D eigenvalue weighted by Crippen LogP contribution is -2.03. The summed E-state index contributed by atoms with van der Waals surface area (Å²) in [5.74, 6) is 0.773. The molecule has 106 valence electrons. The van der Waals surface area contributed by atoms with E-state index in [9.17, 15) is 4.79 Å². The summed E-state index contributed by atoms with van der Waals surface area (Å²) in [6.45, 7) is 0. The second kappa shape index (κ2) is 6.47. The molecule has 20 heavy (non-hydrogen) atoms. The van der Waals surface area contributed by atoms with Crippen molar-refractivity contribution in [1.29, 1.82) is 0 Å². The highest BCUT2D eigenvalue weighted by Gasteiger charge is 2.20. The van der Waals surface area contributed by atoms with Crippen molar-refractivity contribution in [3.05, 3.63) is 41.9 Å². The lowest BCUT2D eigenvalue weighted by molar-refractivity contribution is 0.103. The van der Waals surface area contributed by atoms with Crippen LogP contribution in [0.4, 0.5) is 0 Å². The summed E-state index contributed by atoms with van der Waals surface area (Å²) in [6.07, 6.45) is 0. The molecule has 0 aliphatic rings. The van der Waals surface area contributed by atoms with Crippen molar-refractivity contribution >= 4 is 60.6 Å². The van der Waals surface area contributed by atoms with Crippen LogP contribution in [0.2, 0.25) is 5.02 Å². The van der Waals surface area contributed by atoms with Gasteiger partial charge < -0.3 is 9.47 Å². The Bertz CT molecular complexity index is 670. The standard InChI is InChI=1S/C13H9Br2ClO3S/c1-18-9-3-6(8(16)5-10(9)19-2)12(17)7-4-11(14)20-13(7)15/h3-5H,1-2H3. The van der Waals surface area contributed by atoms with E-state index in [1.54, 1.807) is 18.2 Å². The van der Waals surface area contributed by atoms with Gasteiger partial charge in [0, 0.05) is 17.2 Å². The molecule has 1 heterocycles. The third kappa shape index (κ3) is 3.03. The summed E-state index contributed by atoms with van der Waals surface area (Å²) in [6, 6.07) is 4.91. The predicted molar refractivity (Wildman–Crippen MR) is 87.7 cm³/mol. The first-order valence-electron chi connectivity index (χ1n) is 5.39. The molecule has 0 fully saturated rings. The SMILES string of the molecule is COc1cc(Cl)c(C(=O)c2cc(Br)sc2Br)cc1OC. The summed E-state index contributed by atoms with van der Waals surface area (Å²) in [5.41, 5.74) is 0.923. The Morgan fingerprint density at radius 1 is 1.10 bits per heavy atom. The summed E-state index contributed by atoms with van der Waals surface area (Å²) >= 11 is 14.3. The lowest BCUT2D eigenvalue weighted by Gasteiger charge is -2.10. The summed E-state index contributed by atoms with van der Waals surface area (Å²) in [4.78, 5) is 12.5. The molecular weight excluding hydrogens is 431 g/mol. The van der Waals surface area contributed by atoms with Crippen molar-refractivity contribution in [2.75, 3.05) is 14.2 Å². The van der Waals surface area contributed by atoms with Gasteiger partial charge in [0.05, 0.1) is 26.8 Å². The first kappa shape index (κ1) is 15.8. The lowest BCUT2D eigenvalue weighted by atomic mass is 10.1. The van der Waals surface area contributed by atoms with Crippen molar-refractivity contribution in [2.24, 2.45) is 0 Å². The van der Waals surface area contributed by atoms with Crippen LogP contribution in [0, 0.1) is 0 Å². The predicted octanol–water partition coefficient (Wildman–Crippen LogP) is 5.17. The number of rotatable bonds is 4. The largest absolute Gasteiger partial charge is 0.493 e. The number of thiophene rings is 1. The molecule has 7 heteroatoms. The minimum absolute atomic E-state index is 0.176. The second-order valence-corrected chi connectivity index (χ2v) is 7.91. The zero-order valence-corrected chi connectivity index (χ0v) is 15.2. The zero-order valence-electron chi connectivity index (χ0n) is 10.5. The van der Waals surface area contributed by atoms with Gasteiger partial charge in [0.15, 0.2) is 17.3 Å². The van der Waals surface area contributed by atoms with Crippen LogP contribution >= 0.6 is 54.8 Å². The number of ketones is 1. The topological polar surface area (TPSA) is 35.5 Å². The molecule has 0 spiro atoms. The molecule has 0 N–H and O–H groups in total. The number of benzene rings is 1. The first-order chi connectivity index (χ1) is 9.47. The summed E-state index contributed by atoms with van der Waals surface area (Å²) in [5, 5.41) is 0.321. The first-order valence-corrected chi connectivity index (χ1v) is 8.17. The molecule has 0 atom stereocenters. The van der Waals surface area contributed by atoms with Gasteiger partial charge in [-0.05, 0) is 44.0 Å². The Morgan fingerprint density at radius 2 is 1.70 bits per heavy atom. The molecule has 0 amide bonds. The molecule has 2 aromatic rings. The van der Waals surface area contributed by atoms with Gasteiger partial charge in [-0.15, -0.1) is 11.3 Å². The number of ether oxygens (including phenoxy) is 2. The number of carbonyl (C=O) groups is 1. The fourth-order valence-electron chi connectivity index (χ4n) is 1.67. The van der Waals surface area contributed by atoms with Gasteiger partial charge in [-0.2, -0.15) is 0 Å². The molecule has 0 radical (unpaired) electrons. The van der Waals surface area contributed by atoms with E-state index in [0.29, 0.717) is 27.6 Å². The Kier molecular flexibility index (Phi) is 5.12. The molecule has 1 aromatic carbocycles. The average molecular weight is 441 g/mol.